The number of nitrogens with one attached hydrogen (secondary N) is 1. The van der Waals surface area contributed by atoms with E-state index in [0.29, 0.717) is 0 Å². The number of rotatable bonds is 4. The first kappa shape index (κ1) is 10.0. The molecule has 2 heteroatoms. The van der Waals surface area contributed by atoms with Crippen LogP contribution in [0.3, 0.4) is 0 Å². The summed E-state index contributed by atoms with van der Waals surface area (Å²) in [5.74, 6) is 1.83. The second-order valence-corrected chi connectivity index (χ2v) is 4.60. The zero-order valence-electron chi connectivity index (χ0n) is 8.46. The van der Waals surface area contributed by atoms with Gasteiger partial charge in [-0.2, -0.15) is 0 Å². The van der Waals surface area contributed by atoms with Crippen LogP contribution in [-0.4, -0.2) is 6.54 Å². The van der Waals surface area contributed by atoms with Crippen LogP contribution in [0, 0.1) is 11.8 Å². The van der Waals surface area contributed by atoms with Gasteiger partial charge in [0.2, 0.25) is 0 Å². The van der Waals surface area contributed by atoms with Crippen LogP contribution < -0.4 is 5.32 Å². The summed E-state index contributed by atoms with van der Waals surface area (Å²) in [7, 11) is 0. The molecule has 0 bridgehead atoms. The highest BCUT2D eigenvalue weighted by Crippen LogP contribution is 2.36. The maximum atomic E-state index is 6.04. The second-order valence-electron chi connectivity index (χ2n) is 4.20. The summed E-state index contributed by atoms with van der Waals surface area (Å²) < 4.78 is 0. The van der Waals surface area contributed by atoms with Crippen molar-refractivity contribution >= 4 is 11.6 Å². The van der Waals surface area contributed by atoms with Crippen LogP contribution in [0.1, 0.15) is 18.9 Å². The molecule has 0 spiro atoms. The van der Waals surface area contributed by atoms with Crippen molar-refractivity contribution in [1.82, 2.24) is 5.32 Å². The fourth-order valence-electron chi connectivity index (χ4n) is 1.72. The predicted molar refractivity (Wildman–Crippen MR) is 60.4 cm³/mol. The molecule has 14 heavy (non-hydrogen) atoms. The third-order valence-corrected chi connectivity index (χ3v) is 3.32. The van der Waals surface area contributed by atoms with Gasteiger partial charge in [-0.25, -0.2) is 0 Å². The first-order valence-electron chi connectivity index (χ1n) is 5.21. The molecule has 2 unspecified atom stereocenters. The van der Waals surface area contributed by atoms with Crippen LogP contribution in [0.4, 0.5) is 0 Å². The van der Waals surface area contributed by atoms with E-state index < -0.39 is 0 Å². The van der Waals surface area contributed by atoms with Gasteiger partial charge < -0.3 is 5.32 Å². The van der Waals surface area contributed by atoms with Crippen molar-refractivity contribution in [2.75, 3.05) is 6.54 Å². The molecule has 1 nitrogen and oxygen atoms in total. The molecule has 76 valence electrons. The molecule has 2 atom stereocenters. The van der Waals surface area contributed by atoms with Crippen molar-refractivity contribution in [1.29, 1.82) is 0 Å². The SMILES string of the molecule is CC1CC1CNCc1ccccc1Cl. The molecule has 1 aromatic carbocycles. The van der Waals surface area contributed by atoms with Gasteiger partial charge in [0.1, 0.15) is 0 Å². The summed E-state index contributed by atoms with van der Waals surface area (Å²) in [6.07, 6.45) is 1.38. The normalized spacial score (nSPS) is 25.0. The van der Waals surface area contributed by atoms with E-state index in [9.17, 15) is 0 Å². The third-order valence-electron chi connectivity index (χ3n) is 2.96. The van der Waals surface area contributed by atoms with Gasteiger partial charge in [0.05, 0.1) is 0 Å². The van der Waals surface area contributed by atoms with Crippen LogP contribution in [0.2, 0.25) is 5.02 Å². The highest BCUT2D eigenvalue weighted by atomic mass is 35.5. The molecule has 2 rings (SSSR count). The number of halogens is 1. The quantitative estimate of drug-likeness (QED) is 0.804. The lowest BCUT2D eigenvalue weighted by Crippen LogP contribution is -2.16. The van der Waals surface area contributed by atoms with Crippen molar-refractivity contribution in [3.8, 4) is 0 Å². The zero-order valence-corrected chi connectivity index (χ0v) is 9.22. The smallest absolute Gasteiger partial charge is 0.0450 e. The number of benzene rings is 1. The molecule has 0 heterocycles. The fourth-order valence-corrected chi connectivity index (χ4v) is 1.92. The second kappa shape index (κ2) is 4.33. The van der Waals surface area contributed by atoms with Crippen LogP contribution in [-0.2, 0) is 6.54 Å². The largest absolute Gasteiger partial charge is 0.312 e. The summed E-state index contributed by atoms with van der Waals surface area (Å²) in [6, 6.07) is 8.02. The first-order valence-corrected chi connectivity index (χ1v) is 5.59. The molecule has 0 aliphatic heterocycles. The van der Waals surface area contributed by atoms with Gasteiger partial charge in [0.25, 0.3) is 0 Å². The molecular formula is C12H16ClN. The van der Waals surface area contributed by atoms with Crippen LogP contribution >= 0.6 is 11.6 Å². The summed E-state index contributed by atoms with van der Waals surface area (Å²) in [5.41, 5.74) is 1.20. The monoisotopic (exact) mass is 209 g/mol. The lowest BCUT2D eigenvalue weighted by Gasteiger charge is -2.05. The molecule has 1 saturated carbocycles. The van der Waals surface area contributed by atoms with Gasteiger partial charge in [0.15, 0.2) is 0 Å². The molecule has 1 aromatic rings. The van der Waals surface area contributed by atoms with Crippen molar-refractivity contribution in [2.24, 2.45) is 11.8 Å². The standard InChI is InChI=1S/C12H16ClN/c1-9-6-11(9)8-14-7-10-4-2-3-5-12(10)13/h2-5,9,11,14H,6-8H2,1H3. The number of hydrogen-bond donors (Lipinski definition) is 1. The summed E-state index contributed by atoms with van der Waals surface area (Å²) in [4.78, 5) is 0. The Balaban J connectivity index is 1.77. The lowest BCUT2D eigenvalue weighted by molar-refractivity contribution is 0.612. The number of hydrogen-bond acceptors (Lipinski definition) is 1. The molecule has 1 aliphatic carbocycles. The summed E-state index contributed by atoms with van der Waals surface area (Å²) in [6.45, 7) is 4.33. The predicted octanol–water partition coefficient (Wildman–Crippen LogP) is 3.09. The van der Waals surface area contributed by atoms with E-state index in [1.54, 1.807) is 0 Å². The van der Waals surface area contributed by atoms with Gasteiger partial charge in [-0.05, 0) is 36.4 Å². The molecule has 0 radical (unpaired) electrons. The Hall–Kier alpha value is -0.530. The minimum absolute atomic E-state index is 0.865. The van der Waals surface area contributed by atoms with E-state index in [-0.39, 0.29) is 0 Å². The van der Waals surface area contributed by atoms with E-state index in [2.05, 4.69) is 18.3 Å². The van der Waals surface area contributed by atoms with Crippen molar-refractivity contribution < 1.29 is 0 Å². The maximum Gasteiger partial charge on any atom is 0.0450 e. The van der Waals surface area contributed by atoms with Crippen molar-refractivity contribution in [3.63, 3.8) is 0 Å². The van der Waals surface area contributed by atoms with E-state index in [1.165, 1.54) is 12.0 Å². The average molecular weight is 210 g/mol. The van der Waals surface area contributed by atoms with Gasteiger partial charge in [0, 0.05) is 11.6 Å². The highest BCUT2D eigenvalue weighted by molar-refractivity contribution is 6.31. The Morgan fingerprint density at radius 2 is 2.14 bits per heavy atom. The molecule has 0 saturated heterocycles. The average Bonchev–Trinajstić information content (AvgIpc) is 2.86. The molecule has 1 fully saturated rings. The van der Waals surface area contributed by atoms with E-state index in [1.807, 2.05) is 18.2 Å². The molecule has 1 aliphatic rings. The van der Waals surface area contributed by atoms with Gasteiger partial charge in [-0.1, -0.05) is 36.7 Å². The van der Waals surface area contributed by atoms with Crippen LogP contribution in [0.25, 0.3) is 0 Å². The van der Waals surface area contributed by atoms with Crippen molar-refractivity contribution in [3.05, 3.63) is 34.9 Å². The Labute approximate surface area is 90.5 Å². The van der Waals surface area contributed by atoms with Gasteiger partial charge >= 0.3 is 0 Å². The highest BCUT2D eigenvalue weighted by Gasteiger charge is 2.31. The lowest BCUT2D eigenvalue weighted by atomic mass is 10.2. The molecule has 1 N–H and O–H groups in total. The van der Waals surface area contributed by atoms with E-state index in [4.69, 9.17) is 11.6 Å². The third kappa shape index (κ3) is 2.49. The van der Waals surface area contributed by atoms with Crippen molar-refractivity contribution in [2.45, 2.75) is 19.9 Å². The van der Waals surface area contributed by atoms with E-state index in [0.717, 1.165) is 29.9 Å². The minimum Gasteiger partial charge on any atom is -0.312 e. The zero-order chi connectivity index (χ0) is 9.97. The topological polar surface area (TPSA) is 12.0 Å². The Bertz CT molecular complexity index is 311. The van der Waals surface area contributed by atoms with Crippen LogP contribution in [0.5, 0.6) is 0 Å². The molecule has 0 amide bonds. The minimum atomic E-state index is 0.865. The maximum absolute atomic E-state index is 6.04. The van der Waals surface area contributed by atoms with Gasteiger partial charge in [-0.3, -0.25) is 0 Å². The Morgan fingerprint density at radius 1 is 1.43 bits per heavy atom. The summed E-state index contributed by atoms with van der Waals surface area (Å²) in [5, 5.41) is 4.32. The Kier molecular flexibility index (Phi) is 3.09. The van der Waals surface area contributed by atoms with Gasteiger partial charge in [-0.15, -0.1) is 0 Å². The van der Waals surface area contributed by atoms with E-state index >= 15 is 0 Å². The van der Waals surface area contributed by atoms with Crippen LogP contribution in [0.15, 0.2) is 24.3 Å². The fraction of sp³-hybridized carbons (Fsp3) is 0.500. The first-order chi connectivity index (χ1) is 6.77. The molecular weight excluding hydrogens is 194 g/mol. The summed E-state index contributed by atoms with van der Waals surface area (Å²) >= 11 is 6.04. The molecule has 0 aromatic heterocycles. The Morgan fingerprint density at radius 3 is 2.79 bits per heavy atom.